The first-order valence-corrected chi connectivity index (χ1v) is 11.7. The predicted molar refractivity (Wildman–Crippen MR) is 128 cm³/mol. The summed E-state index contributed by atoms with van der Waals surface area (Å²) in [5.74, 6) is 0.982. The largest absolute Gasteiger partial charge is 0.497 e. The van der Waals surface area contributed by atoms with Crippen molar-refractivity contribution in [2.45, 2.75) is 51.2 Å². The number of piperidine rings is 1. The van der Waals surface area contributed by atoms with E-state index in [1.54, 1.807) is 14.0 Å². The second-order valence-electron chi connectivity index (χ2n) is 9.31. The molecule has 2 fully saturated rings. The van der Waals surface area contributed by atoms with E-state index in [0.29, 0.717) is 19.7 Å². The van der Waals surface area contributed by atoms with Crippen LogP contribution in [-0.2, 0) is 9.53 Å². The van der Waals surface area contributed by atoms with Gasteiger partial charge in [-0.2, -0.15) is 0 Å². The van der Waals surface area contributed by atoms with Gasteiger partial charge in [-0.05, 0) is 67.5 Å². The van der Waals surface area contributed by atoms with Crippen molar-refractivity contribution in [3.05, 3.63) is 53.6 Å². The van der Waals surface area contributed by atoms with E-state index < -0.39 is 0 Å². The molecule has 33 heavy (non-hydrogen) atoms. The molecule has 6 nitrogen and oxygen atoms in total. The van der Waals surface area contributed by atoms with Gasteiger partial charge in [0.05, 0.1) is 12.7 Å². The van der Waals surface area contributed by atoms with Crippen molar-refractivity contribution in [3.63, 3.8) is 0 Å². The molecule has 0 saturated carbocycles. The Balaban J connectivity index is 1.46. The lowest BCUT2D eigenvalue weighted by Gasteiger charge is -2.47. The van der Waals surface area contributed by atoms with E-state index in [0.717, 1.165) is 53.7 Å². The molecule has 1 atom stereocenters. The van der Waals surface area contributed by atoms with Gasteiger partial charge in [-0.3, -0.25) is 9.59 Å². The van der Waals surface area contributed by atoms with Crippen molar-refractivity contribution in [3.8, 4) is 16.9 Å². The average Bonchev–Trinajstić information content (AvgIpc) is 2.84. The molecule has 2 saturated heterocycles. The molecule has 2 aromatic carbocycles. The Labute approximate surface area is 196 Å². The molecule has 176 valence electrons. The van der Waals surface area contributed by atoms with Crippen LogP contribution in [0.1, 0.15) is 48.5 Å². The summed E-state index contributed by atoms with van der Waals surface area (Å²) >= 11 is 0. The summed E-state index contributed by atoms with van der Waals surface area (Å²) in [6.45, 7) is 5.64. The molecule has 1 spiro atoms. The standard InChI is InChI=1S/C27H34N2O4/c1-19-24(21-8-10-23(32-4)11-9-21)6-5-7-25(19)26(31)29-15-13-27(14-16-29)18-22(12-17-33-27)28(3)20(2)30/h5-11,22H,12-18H2,1-4H3. The SMILES string of the molecule is COc1ccc(-c2cccc(C(=O)N3CCC4(CC3)CC(N(C)C(C)=O)CCO4)c2C)cc1. The zero-order valence-electron chi connectivity index (χ0n) is 20.1. The highest BCUT2D eigenvalue weighted by atomic mass is 16.5. The van der Waals surface area contributed by atoms with E-state index in [2.05, 4.69) is 6.07 Å². The van der Waals surface area contributed by atoms with E-state index in [1.807, 2.05) is 60.2 Å². The van der Waals surface area contributed by atoms with E-state index >= 15 is 0 Å². The lowest BCUT2D eigenvalue weighted by Crippen LogP contribution is -2.54. The highest BCUT2D eigenvalue weighted by Gasteiger charge is 2.42. The normalized spacial score (nSPS) is 19.9. The lowest BCUT2D eigenvalue weighted by atomic mass is 9.81. The van der Waals surface area contributed by atoms with Gasteiger partial charge in [0.25, 0.3) is 5.91 Å². The molecule has 2 heterocycles. The molecule has 0 aromatic heterocycles. The number of carbonyl (C=O) groups is 2. The molecule has 0 aliphatic carbocycles. The van der Waals surface area contributed by atoms with E-state index in [9.17, 15) is 9.59 Å². The van der Waals surface area contributed by atoms with Crippen LogP contribution in [-0.4, -0.2) is 67.1 Å². The fourth-order valence-electron chi connectivity index (χ4n) is 5.18. The fraction of sp³-hybridized carbons (Fsp3) is 0.481. The minimum absolute atomic E-state index is 0.0749. The first-order chi connectivity index (χ1) is 15.8. The van der Waals surface area contributed by atoms with Gasteiger partial charge in [-0.15, -0.1) is 0 Å². The Morgan fingerprint density at radius 3 is 2.45 bits per heavy atom. The molecule has 0 radical (unpaired) electrons. The number of rotatable bonds is 4. The molecule has 2 amide bonds. The van der Waals surface area contributed by atoms with Gasteiger partial charge < -0.3 is 19.3 Å². The number of hydrogen-bond acceptors (Lipinski definition) is 4. The van der Waals surface area contributed by atoms with E-state index in [4.69, 9.17) is 9.47 Å². The van der Waals surface area contributed by atoms with E-state index in [1.165, 1.54) is 0 Å². The number of hydrogen-bond donors (Lipinski definition) is 0. The van der Waals surface area contributed by atoms with Crippen molar-refractivity contribution < 1.29 is 19.1 Å². The minimum atomic E-state index is -0.233. The number of carbonyl (C=O) groups excluding carboxylic acids is 2. The van der Waals surface area contributed by atoms with Crippen molar-refractivity contribution in [2.75, 3.05) is 33.9 Å². The summed E-state index contributed by atoms with van der Waals surface area (Å²) in [7, 11) is 3.53. The second-order valence-corrected chi connectivity index (χ2v) is 9.31. The summed E-state index contributed by atoms with van der Waals surface area (Å²) in [6.07, 6.45) is 3.32. The van der Waals surface area contributed by atoms with Crippen LogP contribution in [0.5, 0.6) is 5.75 Å². The number of nitrogens with zero attached hydrogens (tertiary/aromatic N) is 2. The quantitative estimate of drug-likeness (QED) is 0.697. The van der Waals surface area contributed by atoms with Gasteiger partial charge in [0.1, 0.15) is 5.75 Å². The van der Waals surface area contributed by atoms with Crippen molar-refractivity contribution >= 4 is 11.8 Å². The van der Waals surface area contributed by atoms with Gasteiger partial charge in [-0.25, -0.2) is 0 Å². The summed E-state index contributed by atoms with van der Waals surface area (Å²) in [6, 6.07) is 14.1. The third kappa shape index (κ3) is 4.76. The van der Waals surface area contributed by atoms with Crippen LogP contribution in [0.2, 0.25) is 0 Å². The maximum absolute atomic E-state index is 13.4. The van der Waals surface area contributed by atoms with Crippen LogP contribution in [0.15, 0.2) is 42.5 Å². The Morgan fingerprint density at radius 2 is 1.82 bits per heavy atom. The Morgan fingerprint density at radius 1 is 1.12 bits per heavy atom. The van der Waals surface area contributed by atoms with Crippen LogP contribution in [0.4, 0.5) is 0 Å². The highest BCUT2D eigenvalue weighted by Crippen LogP contribution is 2.37. The first kappa shape index (κ1) is 23.3. The van der Waals surface area contributed by atoms with Crippen molar-refractivity contribution in [1.82, 2.24) is 9.80 Å². The topological polar surface area (TPSA) is 59.1 Å². The Hall–Kier alpha value is -2.86. The number of amides is 2. The van der Waals surface area contributed by atoms with Gasteiger partial charge in [0.15, 0.2) is 0 Å². The van der Waals surface area contributed by atoms with Gasteiger partial charge in [-0.1, -0.05) is 24.3 Å². The first-order valence-electron chi connectivity index (χ1n) is 11.7. The maximum Gasteiger partial charge on any atom is 0.254 e. The zero-order chi connectivity index (χ0) is 23.6. The molecule has 4 rings (SSSR count). The van der Waals surface area contributed by atoms with E-state index in [-0.39, 0.29) is 23.5 Å². The smallest absolute Gasteiger partial charge is 0.254 e. The average molecular weight is 451 g/mol. The van der Waals surface area contributed by atoms with Crippen molar-refractivity contribution in [2.24, 2.45) is 0 Å². The zero-order valence-corrected chi connectivity index (χ0v) is 20.1. The summed E-state index contributed by atoms with van der Waals surface area (Å²) < 4.78 is 11.5. The molecular formula is C27H34N2O4. The molecule has 6 heteroatoms. The molecule has 2 aliphatic rings. The van der Waals surface area contributed by atoms with Gasteiger partial charge in [0.2, 0.25) is 5.91 Å². The van der Waals surface area contributed by atoms with Crippen LogP contribution < -0.4 is 4.74 Å². The monoisotopic (exact) mass is 450 g/mol. The van der Waals surface area contributed by atoms with Crippen LogP contribution in [0, 0.1) is 6.92 Å². The third-order valence-corrected chi connectivity index (χ3v) is 7.44. The van der Waals surface area contributed by atoms with Crippen LogP contribution in [0.25, 0.3) is 11.1 Å². The second kappa shape index (κ2) is 9.56. The van der Waals surface area contributed by atoms with Gasteiger partial charge in [0, 0.05) is 45.3 Å². The fourth-order valence-corrected chi connectivity index (χ4v) is 5.18. The number of ether oxygens (including phenoxy) is 2. The number of benzene rings is 2. The number of likely N-dealkylation sites (tertiary alicyclic amines) is 1. The molecular weight excluding hydrogens is 416 g/mol. The summed E-state index contributed by atoms with van der Waals surface area (Å²) in [5.41, 5.74) is 3.63. The minimum Gasteiger partial charge on any atom is -0.497 e. The van der Waals surface area contributed by atoms with Gasteiger partial charge >= 0.3 is 0 Å². The Bertz CT molecular complexity index is 1010. The highest BCUT2D eigenvalue weighted by molar-refractivity contribution is 5.97. The lowest BCUT2D eigenvalue weighted by molar-refractivity contribution is -0.145. The van der Waals surface area contributed by atoms with Crippen molar-refractivity contribution in [1.29, 1.82) is 0 Å². The molecule has 2 aliphatic heterocycles. The molecule has 2 aromatic rings. The van der Waals surface area contributed by atoms with Crippen LogP contribution in [0.3, 0.4) is 0 Å². The molecule has 0 N–H and O–H groups in total. The van der Waals surface area contributed by atoms with Crippen LogP contribution >= 0.6 is 0 Å². The summed E-state index contributed by atoms with van der Waals surface area (Å²) in [5, 5.41) is 0. The summed E-state index contributed by atoms with van der Waals surface area (Å²) in [4.78, 5) is 29.1. The third-order valence-electron chi connectivity index (χ3n) is 7.44. The molecule has 0 bridgehead atoms. The Kier molecular flexibility index (Phi) is 6.75. The maximum atomic E-state index is 13.4. The number of methoxy groups -OCH3 is 1. The molecule has 1 unspecified atom stereocenters. The predicted octanol–water partition coefficient (Wildman–Crippen LogP) is 4.30.